The second kappa shape index (κ2) is 10.4. The van der Waals surface area contributed by atoms with Crippen LogP contribution in [0, 0.1) is 6.61 Å². The monoisotopic (exact) mass is 395 g/mol. The maximum absolute atomic E-state index is 5.71. The Hall–Kier alpha value is -3.43. The molecule has 3 heteroatoms. The minimum atomic E-state index is 0.718. The highest BCUT2D eigenvalue weighted by atomic mass is 16.5. The average Bonchev–Trinajstić information content (AvgIpc) is 2.83. The van der Waals surface area contributed by atoms with Gasteiger partial charge in [0.2, 0.25) is 0 Å². The summed E-state index contributed by atoms with van der Waals surface area (Å²) in [5.41, 5.74) is 4.95. The molecule has 0 aliphatic rings. The van der Waals surface area contributed by atoms with Gasteiger partial charge in [-0.3, -0.25) is 0 Å². The number of aromatic nitrogens is 2. The van der Waals surface area contributed by atoms with Crippen LogP contribution in [0.15, 0.2) is 110 Å². The standard InChI is InChI=1S/C27H27N2O/c1-3-8-24(9-4-1)26-12-17-28(18-13-26)16-7-22-30-23-21-29-19-14-27(15-20-29)25-10-5-2-6-11-25/h1-6,8-15,17-20,23H,7,16,21-22H2/q+3. The van der Waals surface area contributed by atoms with Crippen LogP contribution in [0.3, 0.4) is 0 Å². The van der Waals surface area contributed by atoms with Crippen LogP contribution in [0.1, 0.15) is 6.42 Å². The van der Waals surface area contributed by atoms with Crippen LogP contribution in [0.4, 0.5) is 0 Å². The SMILES string of the molecule is c1ccc(-c2cc[n+](C[CH+]OCCC[n+]3ccc(-c4ccccc4)cc3)cc2)cc1. The van der Waals surface area contributed by atoms with Gasteiger partial charge in [0.1, 0.15) is 6.61 Å². The molecule has 148 valence electrons. The van der Waals surface area contributed by atoms with Crippen molar-refractivity contribution in [3.05, 3.63) is 116 Å². The third kappa shape index (κ3) is 5.56. The number of pyridine rings is 2. The van der Waals surface area contributed by atoms with Gasteiger partial charge in [0.15, 0.2) is 31.3 Å². The summed E-state index contributed by atoms with van der Waals surface area (Å²) < 4.78 is 10.0. The molecule has 2 aromatic heterocycles. The zero-order valence-corrected chi connectivity index (χ0v) is 17.1. The van der Waals surface area contributed by atoms with Crippen LogP contribution in [-0.4, -0.2) is 6.61 Å². The van der Waals surface area contributed by atoms with Crippen LogP contribution < -0.4 is 9.13 Å². The zero-order valence-electron chi connectivity index (χ0n) is 17.1. The van der Waals surface area contributed by atoms with Gasteiger partial charge < -0.3 is 0 Å². The van der Waals surface area contributed by atoms with Gasteiger partial charge in [-0.15, -0.1) is 0 Å². The Morgan fingerprint density at radius 1 is 0.567 bits per heavy atom. The van der Waals surface area contributed by atoms with E-state index in [2.05, 4.69) is 107 Å². The van der Waals surface area contributed by atoms with E-state index in [0.717, 1.165) is 26.1 Å². The summed E-state index contributed by atoms with van der Waals surface area (Å²) in [5.74, 6) is 0. The van der Waals surface area contributed by atoms with Crippen molar-refractivity contribution in [1.82, 2.24) is 0 Å². The van der Waals surface area contributed by atoms with Gasteiger partial charge in [0.05, 0.1) is 0 Å². The Morgan fingerprint density at radius 3 is 1.57 bits per heavy atom. The van der Waals surface area contributed by atoms with Crippen molar-refractivity contribution in [1.29, 1.82) is 0 Å². The molecule has 0 radical (unpaired) electrons. The van der Waals surface area contributed by atoms with E-state index in [0.29, 0.717) is 0 Å². The molecule has 2 heterocycles. The van der Waals surface area contributed by atoms with Gasteiger partial charge in [-0.2, -0.15) is 9.30 Å². The van der Waals surface area contributed by atoms with E-state index in [1.54, 1.807) is 0 Å². The molecular weight excluding hydrogens is 368 g/mol. The molecule has 0 atom stereocenters. The van der Waals surface area contributed by atoms with E-state index in [1.807, 2.05) is 18.7 Å². The molecular formula is C27H27N2O+3. The largest absolute Gasteiger partial charge is 0.311 e. The van der Waals surface area contributed by atoms with E-state index < -0.39 is 0 Å². The maximum Gasteiger partial charge on any atom is 0.311 e. The van der Waals surface area contributed by atoms with E-state index in [-0.39, 0.29) is 0 Å². The summed E-state index contributed by atoms with van der Waals surface area (Å²) in [4.78, 5) is 0. The molecule has 30 heavy (non-hydrogen) atoms. The third-order valence-electron chi connectivity index (χ3n) is 5.08. The minimum Gasteiger partial charge on any atom is -0.205 e. The van der Waals surface area contributed by atoms with Gasteiger partial charge >= 0.3 is 6.54 Å². The van der Waals surface area contributed by atoms with Crippen LogP contribution >= 0.6 is 0 Å². The van der Waals surface area contributed by atoms with Gasteiger partial charge in [-0.05, 0) is 22.3 Å². The molecule has 3 nitrogen and oxygen atoms in total. The second-order valence-corrected chi connectivity index (χ2v) is 7.23. The fourth-order valence-corrected chi connectivity index (χ4v) is 3.38. The highest BCUT2D eigenvalue weighted by molar-refractivity contribution is 5.62. The molecule has 0 spiro atoms. The Labute approximate surface area is 178 Å². The van der Waals surface area contributed by atoms with E-state index >= 15 is 0 Å². The highest BCUT2D eigenvalue weighted by Gasteiger charge is 2.10. The summed E-state index contributed by atoms with van der Waals surface area (Å²) >= 11 is 0. The lowest BCUT2D eigenvalue weighted by Crippen LogP contribution is -2.34. The maximum atomic E-state index is 5.71. The molecule has 0 saturated carbocycles. The number of hydrogen-bond donors (Lipinski definition) is 0. The first-order valence-electron chi connectivity index (χ1n) is 10.4. The molecule has 4 rings (SSSR count). The predicted molar refractivity (Wildman–Crippen MR) is 119 cm³/mol. The molecule has 0 amide bonds. The smallest absolute Gasteiger partial charge is 0.205 e. The van der Waals surface area contributed by atoms with Crippen molar-refractivity contribution in [3.8, 4) is 22.3 Å². The summed E-state index contributed by atoms with van der Waals surface area (Å²) in [7, 11) is 0. The van der Waals surface area contributed by atoms with Crippen molar-refractivity contribution in [2.45, 2.75) is 19.5 Å². The predicted octanol–water partition coefficient (Wildman–Crippen LogP) is 4.86. The summed E-state index contributed by atoms with van der Waals surface area (Å²) in [6, 6.07) is 29.5. The molecule has 0 fully saturated rings. The first-order chi connectivity index (χ1) is 14.9. The minimum absolute atomic E-state index is 0.718. The molecule has 0 aliphatic carbocycles. The molecule has 2 aromatic carbocycles. The first kappa shape index (κ1) is 19.9. The number of benzene rings is 2. The van der Waals surface area contributed by atoms with Gasteiger partial charge in [0.25, 0.3) is 6.61 Å². The molecule has 0 bridgehead atoms. The van der Waals surface area contributed by atoms with Crippen LogP contribution in [0.5, 0.6) is 0 Å². The number of aryl methyl sites for hydroxylation is 1. The van der Waals surface area contributed by atoms with E-state index in [1.165, 1.54) is 22.3 Å². The normalized spacial score (nSPS) is 10.7. The van der Waals surface area contributed by atoms with E-state index in [4.69, 9.17) is 4.74 Å². The summed E-state index contributed by atoms with van der Waals surface area (Å²) in [5, 5.41) is 0. The lowest BCUT2D eigenvalue weighted by atomic mass is 10.1. The number of rotatable bonds is 9. The number of ether oxygens (including phenoxy) is 1. The van der Waals surface area contributed by atoms with Crippen molar-refractivity contribution >= 4 is 0 Å². The lowest BCUT2D eigenvalue weighted by Gasteiger charge is -2.00. The van der Waals surface area contributed by atoms with Crippen LogP contribution in [0.25, 0.3) is 22.3 Å². The first-order valence-corrected chi connectivity index (χ1v) is 10.4. The number of nitrogens with zero attached hydrogens (tertiary/aromatic N) is 2. The van der Waals surface area contributed by atoms with E-state index in [9.17, 15) is 0 Å². The van der Waals surface area contributed by atoms with Crippen LogP contribution in [0.2, 0.25) is 0 Å². The molecule has 0 saturated heterocycles. The molecule has 4 aromatic rings. The van der Waals surface area contributed by atoms with Gasteiger partial charge in [-0.25, -0.2) is 4.57 Å². The molecule has 0 aliphatic heterocycles. The summed E-state index contributed by atoms with van der Waals surface area (Å²) in [6.45, 7) is 4.29. The topological polar surface area (TPSA) is 17.0 Å². The second-order valence-electron chi connectivity index (χ2n) is 7.23. The highest BCUT2D eigenvalue weighted by Crippen LogP contribution is 2.17. The van der Waals surface area contributed by atoms with Crippen molar-refractivity contribution in [3.63, 3.8) is 0 Å². The fraction of sp³-hybridized carbons (Fsp3) is 0.148. The van der Waals surface area contributed by atoms with Crippen molar-refractivity contribution < 1.29 is 13.9 Å². The fourth-order valence-electron chi connectivity index (χ4n) is 3.38. The third-order valence-corrected chi connectivity index (χ3v) is 5.08. The Kier molecular flexibility index (Phi) is 6.87. The molecule has 0 N–H and O–H groups in total. The average molecular weight is 396 g/mol. The Balaban J connectivity index is 1.15. The Bertz CT molecular complexity index is 927. The van der Waals surface area contributed by atoms with Crippen molar-refractivity contribution in [2.24, 2.45) is 0 Å². The van der Waals surface area contributed by atoms with Gasteiger partial charge in [-0.1, -0.05) is 60.7 Å². The van der Waals surface area contributed by atoms with Crippen LogP contribution in [-0.2, 0) is 17.8 Å². The zero-order chi connectivity index (χ0) is 20.4. The van der Waals surface area contributed by atoms with Gasteiger partial charge in [0, 0.05) is 30.7 Å². The lowest BCUT2D eigenvalue weighted by molar-refractivity contribution is -0.698. The van der Waals surface area contributed by atoms with Crippen molar-refractivity contribution in [2.75, 3.05) is 6.61 Å². The summed E-state index contributed by atoms with van der Waals surface area (Å²) in [6.07, 6.45) is 9.43. The number of hydrogen-bond acceptors (Lipinski definition) is 1. The quantitative estimate of drug-likeness (QED) is 0.225. The molecule has 0 unspecified atom stereocenters. The Morgan fingerprint density at radius 2 is 1.03 bits per heavy atom.